The summed E-state index contributed by atoms with van der Waals surface area (Å²) < 4.78 is 0. The molecule has 9 unspecified atom stereocenters. The Morgan fingerprint density at radius 3 is 2.14 bits per heavy atom. The van der Waals surface area contributed by atoms with Gasteiger partial charge in [-0.15, -0.1) is 0 Å². The van der Waals surface area contributed by atoms with Gasteiger partial charge in [-0.1, -0.05) is 78.8 Å². The fourth-order valence-electron chi connectivity index (χ4n) is 14.1. The van der Waals surface area contributed by atoms with Gasteiger partial charge in [0.2, 0.25) is 5.91 Å². The van der Waals surface area contributed by atoms with Gasteiger partial charge in [0.1, 0.15) is 0 Å². The van der Waals surface area contributed by atoms with Crippen molar-refractivity contribution in [1.29, 1.82) is 0 Å². The van der Waals surface area contributed by atoms with Gasteiger partial charge in [-0.3, -0.25) is 14.5 Å². The number of benzene rings is 1. The van der Waals surface area contributed by atoms with Crippen LogP contribution in [-0.4, -0.2) is 59.1 Å². The van der Waals surface area contributed by atoms with Gasteiger partial charge < -0.3 is 15.5 Å². The number of aliphatic carboxylic acids is 1. The summed E-state index contributed by atoms with van der Waals surface area (Å²) >= 11 is 0. The summed E-state index contributed by atoms with van der Waals surface area (Å²) in [5.74, 6) is 0.0769. The number of carbonyl (C=O) groups excluding carboxylic acids is 1. The zero-order valence-corrected chi connectivity index (χ0v) is 32.7. The number of aromatic carboxylic acids is 1. The zero-order valence-electron chi connectivity index (χ0n) is 32.7. The minimum absolute atomic E-state index is 0.0119. The molecule has 6 rings (SSSR count). The number of allylic oxidation sites excluding steroid dienone is 3. The molecule has 0 spiro atoms. The number of nitrogens with zero attached hydrogens (tertiary/aromatic N) is 1. The maximum atomic E-state index is 14.5. The quantitative estimate of drug-likeness (QED) is 0.211. The summed E-state index contributed by atoms with van der Waals surface area (Å²) in [4.78, 5) is 39.4. The molecule has 0 heterocycles. The van der Waals surface area contributed by atoms with Crippen molar-refractivity contribution < 1.29 is 24.6 Å². The number of carboxylic acid groups (broad SMARTS) is 2. The molecule has 4 fully saturated rings. The van der Waals surface area contributed by atoms with Gasteiger partial charge >= 0.3 is 11.9 Å². The van der Waals surface area contributed by atoms with Crippen molar-refractivity contribution in [2.24, 2.45) is 56.2 Å². The number of fused-ring (bicyclic) bond motifs is 7. The van der Waals surface area contributed by atoms with Crippen molar-refractivity contribution in [1.82, 2.24) is 10.2 Å². The lowest BCUT2D eigenvalue weighted by molar-refractivity contribution is -0.261. The van der Waals surface area contributed by atoms with E-state index >= 15 is 0 Å². The number of likely N-dealkylation sites (N-methyl/N-ethyl adjacent to an activating group) is 1. The molecule has 9 atom stereocenters. The lowest BCUT2D eigenvalue weighted by Crippen LogP contribution is -2.70. The average molecular weight is 701 g/mol. The van der Waals surface area contributed by atoms with Crippen molar-refractivity contribution >= 4 is 23.4 Å². The Kier molecular flexibility index (Phi) is 9.55. The Morgan fingerprint density at radius 2 is 1.53 bits per heavy atom. The fraction of sp³-hybridized carbons (Fsp3) is 0.705. The SMILES string of the molecule is C=C(C)C1CCC2(C(=O)NCCN(CC)CC(=O)O)CCC3(C)C(C)(CCC4C5(C)CC=C(c6ccc(C(=O)O)cc6)C(C)(C)C5CCC43C)C12. The van der Waals surface area contributed by atoms with E-state index in [9.17, 15) is 24.6 Å². The Balaban J connectivity index is 1.31. The van der Waals surface area contributed by atoms with Gasteiger partial charge in [0.25, 0.3) is 0 Å². The van der Waals surface area contributed by atoms with Gasteiger partial charge in [0.15, 0.2) is 0 Å². The van der Waals surface area contributed by atoms with E-state index in [4.69, 9.17) is 0 Å². The van der Waals surface area contributed by atoms with Crippen molar-refractivity contribution in [2.45, 2.75) is 113 Å². The smallest absolute Gasteiger partial charge is 0.335 e. The Hall–Kier alpha value is -2.93. The van der Waals surface area contributed by atoms with Crippen LogP contribution < -0.4 is 5.32 Å². The molecule has 1 amide bonds. The largest absolute Gasteiger partial charge is 0.480 e. The number of amides is 1. The summed E-state index contributed by atoms with van der Waals surface area (Å²) in [6.07, 6.45) is 12.0. The fourth-order valence-corrected chi connectivity index (χ4v) is 14.1. The van der Waals surface area contributed by atoms with Crippen LogP contribution in [0.25, 0.3) is 5.57 Å². The molecule has 0 aliphatic heterocycles. The van der Waals surface area contributed by atoms with Crippen LogP contribution in [0.4, 0.5) is 0 Å². The van der Waals surface area contributed by atoms with Crippen LogP contribution in [-0.2, 0) is 9.59 Å². The van der Waals surface area contributed by atoms with Crippen LogP contribution in [0, 0.1) is 56.2 Å². The summed E-state index contributed by atoms with van der Waals surface area (Å²) in [5, 5.41) is 22.2. The van der Waals surface area contributed by atoms with Crippen molar-refractivity contribution in [3.05, 3.63) is 53.6 Å². The predicted molar refractivity (Wildman–Crippen MR) is 203 cm³/mol. The summed E-state index contributed by atoms with van der Waals surface area (Å²) in [6.45, 7) is 25.5. The normalized spacial score (nSPS) is 39.5. The predicted octanol–water partition coefficient (Wildman–Crippen LogP) is 8.95. The maximum absolute atomic E-state index is 14.5. The first kappa shape index (κ1) is 37.8. The molecule has 51 heavy (non-hydrogen) atoms. The van der Waals surface area contributed by atoms with Crippen molar-refractivity contribution in [2.75, 3.05) is 26.2 Å². The van der Waals surface area contributed by atoms with Gasteiger partial charge in [-0.05, 0) is 145 Å². The molecule has 7 heteroatoms. The monoisotopic (exact) mass is 700 g/mol. The minimum Gasteiger partial charge on any atom is -0.480 e. The lowest BCUT2D eigenvalue weighted by Gasteiger charge is -2.75. The first-order valence-corrected chi connectivity index (χ1v) is 19.7. The molecule has 7 nitrogen and oxygen atoms in total. The highest BCUT2D eigenvalue weighted by molar-refractivity contribution is 5.88. The molecule has 3 N–H and O–H groups in total. The number of hydrogen-bond acceptors (Lipinski definition) is 4. The van der Waals surface area contributed by atoms with Gasteiger partial charge in [-0.2, -0.15) is 0 Å². The van der Waals surface area contributed by atoms with Crippen LogP contribution in [0.1, 0.15) is 129 Å². The molecule has 0 saturated heterocycles. The van der Waals surface area contributed by atoms with Crippen molar-refractivity contribution in [3.8, 4) is 0 Å². The number of hydrogen-bond donors (Lipinski definition) is 3. The van der Waals surface area contributed by atoms with Crippen LogP contribution in [0.2, 0.25) is 0 Å². The molecular weight excluding hydrogens is 636 g/mol. The highest BCUT2D eigenvalue weighted by Gasteiger charge is 2.75. The zero-order chi connectivity index (χ0) is 37.4. The topological polar surface area (TPSA) is 107 Å². The molecule has 5 aliphatic rings. The third-order valence-electron chi connectivity index (χ3n) is 16.8. The van der Waals surface area contributed by atoms with E-state index in [2.05, 4.69) is 66.4 Å². The summed E-state index contributed by atoms with van der Waals surface area (Å²) in [6, 6.07) is 7.49. The molecule has 280 valence electrons. The number of carboxylic acids is 2. The first-order chi connectivity index (χ1) is 23.8. The average Bonchev–Trinajstić information content (AvgIpc) is 3.48. The first-order valence-electron chi connectivity index (χ1n) is 19.7. The van der Waals surface area contributed by atoms with E-state index in [-0.39, 0.29) is 45.4 Å². The molecule has 0 aromatic heterocycles. The van der Waals surface area contributed by atoms with Crippen LogP contribution in [0.15, 0.2) is 42.5 Å². The van der Waals surface area contributed by atoms with Crippen LogP contribution in [0.3, 0.4) is 0 Å². The molecule has 4 saturated carbocycles. The molecule has 5 aliphatic carbocycles. The standard InChI is InChI=1S/C44H64N2O5/c1-10-46(27-35(47)48)26-25-45-38(51)44-22-15-31(28(2)3)36(44)42(8)21-18-34-40(6)19-16-32(29-11-13-30(14-12-29)37(49)50)39(4,5)33(40)17-20-41(34,7)43(42,9)23-24-44/h11-14,16,31,33-34,36H,2,10,15,17-27H2,1,3-9H3,(H,45,51)(H,47,48)(H,49,50). The van der Waals surface area contributed by atoms with E-state index in [1.54, 1.807) is 12.1 Å². The molecular formula is C44H64N2O5. The Labute approximate surface area is 306 Å². The van der Waals surface area contributed by atoms with E-state index in [0.717, 1.165) is 50.5 Å². The second kappa shape index (κ2) is 12.9. The van der Waals surface area contributed by atoms with Crippen LogP contribution in [0.5, 0.6) is 0 Å². The highest BCUT2D eigenvalue weighted by atomic mass is 16.4. The maximum Gasteiger partial charge on any atom is 0.335 e. The van der Waals surface area contributed by atoms with Gasteiger partial charge in [0, 0.05) is 13.1 Å². The lowest BCUT2D eigenvalue weighted by atomic mass is 9.29. The third kappa shape index (κ3) is 5.48. The van der Waals surface area contributed by atoms with E-state index in [1.807, 2.05) is 24.0 Å². The number of carbonyl (C=O) groups is 3. The molecule has 0 bridgehead atoms. The highest BCUT2D eigenvalue weighted by Crippen LogP contribution is 2.81. The van der Waals surface area contributed by atoms with E-state index in [1.165, 1.54) is 24.0 Å². The number of nitrogens with one attached hydrogen (secondary N) is 1. The summed E-state index contributed by atoms with van der Waals surface area (Å²) in [5.41, 5.74) is 3.87. The summed E-state index contributed by atoms with van der Waals surface area (Å²) in [7, 11) is 0. The second-order valence-electron chi connectivity index (χ2n) is 18.9. The van der Waals surface area contributed by atoms with Crippen LogP contribution >= 0.6 is 0 Å². The second-order valence-corrected chi connectivity index (χ2v) is 18.9. The third-order valence-corrected chi connectivity index (χ3v) is 16.8. The van der Waals surface area contributed by atoms with Crippen molar-refractivity contribution in [3.63, 3.8) is 0 Å². The number of rotatable bonds is 10. The van der Waals surface area contributed by atoms with Gasteiger partial charge in [0.05, 0.1) is 17.5 Å². The Morgan fingerprint density at radius 1 is 0.882 bits per heavy atom. The van der Waals surface area contributed by atoms with E-state index < -0.39 is 17.4 Å². The molecule has 1 aromatic carbocycles. The van der Waals surface area contributed by atoms with Gasteiger partial charge in [-0.25, -0.2) is 4.79 Å². The van der Waals surface area contributed by atoms with E-state index in [0.29, 0.717) is 43.0 Å². The Bertz CT molecular complexity index is 1610. The minimum atomic E-state index is -0.889. The molecule has 0 radical (unpaired) electrons. The molecule has 1 aromatic rings.